The van der Waals surface area contributed by atoms with E-state index in [4.69, 9.17) is 10.8 Å². The topological polar surface area (TPSA) is 113 Å². The fourth-order valence-corrected chi connectivity index (χ4v) is 1.75. The Morgan fingerprint density at radius 3 is 2.53 bits per heavy atom. The molecular formula is C12H22N4O3. The summed E-state index contributed by atoms with van der Waals surface area (Å²) in [4.78, 5) is 25.7. The Morgan fingerprint density at radius 2 is 2.05 bits per heavy atom. The van der Waals surface area contributed by atoms with E-state index in [-0.39, 0.29) is 30.1 Å². The van der Waals surface area contributed by atoms with E-state index in [1.54, 1.807) is 0 Å². The summed E-state index contributed by atoms with van der Waals surface area (Å²) in [7, 11) is 0. The number of hydrogen-bond donors (Lipinski definition) is 4. The molecule has 1 aromatic rings. The molecule has 0 amide bonds. The Balaban J connectivity index is 3.25. The van der Waals surface area contributed by atoms with E-state index in [0.717, 1.165) is 0 Å². The molecule has 19 heavy (non-hydrogen) atoms. The Labute approximate surface area is 111 Å². The summed E-state index contributed by atoms with van der Waals surface area (Å²) in [6.45, 7) is 6.09. The molecule has 7 nitrogen and oxygen atoms in total. The molecule has 0 aliphatic rings. The number of aliphatic hydroxyl groups is 1. The van der Waals surface area contributed by atoms with Crippen molar-refractivity contribution >= 4 is 11.5 Å². The maximum atomic E-state index is 11.8. The van der Waals surface area contributed by atoms with Gasteiger partial charge in [-0.15, -0.1) is 0 Å². The van der Waals surface area contributed by atoms with E-state index >= 15 is 0 Å². The van der Waals surface area contributed by atoms with Gasteiger partial charge in [-0.3, -0.25) is 14.3 Å². The summed E-state index contributed by atoms with van der Waals surface area (Å²) < 4.78 is 1.33. The van der Waals surface area contributed by atoms with Crippen LogP contribution in [-0.4, -0.2) is 27.3 Å². The van der Waals surface area contributed by atoms with E-state index < -0.39 is 11.2 Å². The van der Waals surface area contributed by atoms with E-state index in [1.807, 2.05) is 20.8 Å². The van der Waals surface area contributed by atoms with Gasteiger partial charge in [0.05, 0.1) is 6.61 Å². The average molecular weight is 270 g/mol. The molecule has 1 aromatic heterocycles. The summed E-state index contributed by atoms with van der Waals surface area (Å²) in [5.41, 5.74) is 4.95. The summed E-state index contributed by atoms with van der Waals surface area (Å²) in [6, 6.07) is -0.270. The first kappa shape index (κ1) is 15.3. The van der Waals surface area contributed by atoms with Crippen LogP contribution in [-0.2, 0) is 6.54 Å². The maximum Gasteiger partial charge on any atom is 0.330 e. The Bertz CT molecular complexity index is 529. The predicted octanol–water partition coefficient (Wildman–Crippen LogP) is -0.0424. The van der Waals surface area contributed by atoms with Crippen LogP contribution in [0.15, 0.2) is 9.59 Å². The molecule has 0 fully saturated rings. The Morgan fingerprint density at radius 1 is 1.42 bits per heavy atom. The van der Waals surface area contributed by atoms with Gasteiger partial charge in [-0.1, -0.05) is 20.8 Å². The minimum atomic E-state index is -0.561. The molecule has 0 spiro atoms. The van der Waals surface area contributed by atoms with Crippen molar-refractivity contribution in [1.82, 2.24) is 9.55 Å². The monoisotopic (exact) mass is 270 g/mol. The second kappa shape index (κ2) is 6.42. The summed E-state index contributed by atoms with van der Waals surface area (Å²) in [5, 5.41) is 12.0. The molecular weight excluding hydrogens is 248 g/mol. The lowest BCUT2D eigenvalue weighted by atomic mass is 10.2. The number of hydrogen-bond acceptors (Lipinski definition) is 5. The van der Waals surface area contributed by atoms with E-state index in [9.17, 15) is 9.59 Å². The van der Waals surface area contributed by atoms with Crippen LogP contribution in [0.4, 0.5) is 11.5 Å². The summed E-state index contributed by atoms with van der Waals surface area (Å²) in [6.07, 6.45) is 0.638. The minimum Gasteiger partial charge on any atom is -0.394 e. The SMILES string of the molecule is CCC(CO)Nc1c(N)n(CC(C)C)c(=O)[nH]c1=O. The molecule has 0 saturated carbocycles. The molecule has 108 valence electrons. The van der Waals surface area contributed by atoms with Crippen LogP contribution in [0.1, 0.15) is 27.2 Å². The molecule has 5 N–H and O–H groups in total. The predicted molar refractivity (Wildman–Crippen MR) is 75.4 cm³/mol. The van der Waals surface area contributed by atoms with Gasteiger partial charge < -0.3 is 16.2 Å². The van der Waals surface area contributed by atoms with Crippen LogP contribution >= 0.6 is 0 Å². The number of nitrogens with one attached hydrogen (secondary N) is 2. The fraction of sp³-hybridized carbons (Fsp3) is 0.667. The standard InChI is InChI=1S/C12H22N4O3/c1-4-8(6-17)14-9-10(13)16(5-7(2)3)12(19)15-11(9)18/h7-8,14,17H,4-6,13H2,1-3H3,(H,15,18,19). The number of rotatable bonds is 6. The van der Waals surface area contributed by atoms with Crippen molar-refractivity contribution in [2.24, 2.45) is 5.92 Å². The largest absolute Gasteiger partial charge is 0.394 e. The van der Waals surface area contributed by atoms with Gasteiger partial charge in [-0.05, 0) is 12.3 Å². The Hall–Kier alpha value is -1.76. The van der Waals surface area contributed by atoms with Crippen molar-refractivity contribution in [3.8, 4) is 0 Å². The smallest absolute Gasteiger partial charge is 0.330 e. The summed E-state index contributed by atoms with van der Waals surface area (Å²) >= 11 is 0. The van der Waals surface area contributed by atoms with Crippen LogP contribution in [0.3, 0.4) is 0 Å². The molecule has 0 bridgehead atoms. The van der Waals surface area contributed by atoms with Crippen LogP contribution < -0.4 is 22.3 Å². The van der Waals surface area contributed by atoms with Crippen molar-refractivity contribution in [3.63, 3.8) is 0 Å². The first-order valence-corrected chi connectivity index (χ1v) is 6.40. The highest BCUT2D eigenvalue weighted by Gasteiger charge is 2.15. The number of nitrogens with zero attached hydrogens (tertiary/aromatic N) is 1. The van der Waals surface area contributed by atoms with Crippen molar-refractivity contribution in [1.29, 1.82) is 0 Å². The van der Waals surface area contributed by atoms with Gasteiger partial charge in [0, 0.05) is 12.6 Å². The van der Waals surface area contributed by atoms with Crippen molar-refractivity contribution < 1.29 is 5.11 Å². The van der Waals surface area contributed by atoms with Crippen molar-refractivity contribution in [3.05, 3.63) is 20.8 Å². The van der Waals surface area contributed by atoms with Gasteiger partial charge in [0.25, 0.3) is 5.56 Å². The van der Waals surface area contributed by atoms with E-state index in [2.05, 4.69) is 10.3 Å². The fourth-order valence-electron chi connectivity index (χ4n) is 1.75. The number of aliphatic hydroxyl groups excluding tert-OH is 1. The van der Waals surface area contributed by atoms with E-state index in [0.29, 0.717) is 13.0 Å². The lowest BCUT2D eigenvalue weighted by Gasteiger charge is -2.19. The lowest BCUT2D eigenvalue weighted by Crippen LogP contribution is -2.37. The van der Waals surface area contributed by atoms with Gasteiger partial charge in [0.2, 0.25) is 0 Å². The van der Waals surface area contributed by atoms with Gasteiger partial charge in [0.15, 0.2) is 0 Å². The van der Waals surface area contributed by atoms with Gasteiger partial charge in [0.1, 0.15) is 11.5 Å². The lowest BCUT2D eigenvalue weighted by molar-refractivity contribution is 0.271. The molecule has 0 saturated heterocycles. The molecule has 7 heteroatoms. The highest BCUT2D eigenvalue weighted by atomic mass is 16.3. The first-order chi connectivity index (χ1) is 8.90. The summed E-state index contributed by atoms with van der Waals surface area (Å²) in [5.74, 6) is 0.327. The van der Waals surface area contributed by atoms with E-state index in [1.165, 1.54) is 4.57 Å². The van der Waals surface area contributed by atoms with Crippen LogP contribution in [0.2, 0.25) is 0 Å². The first-order valence-electron chi connectivity index (χ1n) is 6.40. The number of nitrogen functional groups attached to an aromatic ring is 1. The van der Waals surface area contributed by atoms with Crippen molar-refractivity contribution in [2.75, 3.05) is 17.7 Å². The molecule has 1 heterocycles. The van der Waals surface area contributed by atoms with Crippen molar-refractivity contribution in [2.45, 2.75) is 39.8 Å². The zero-order chi connectivity index (χ0) is 14.6. The van der Waals surface area contributed by atoms with Gasteiger partial charge in [-0.2, -0.15) is 0 Å². The third-order valence-corrected chi connectivity index (χ3v) is 2.85. The number of H-pyrrole nitrogens is 1. The number of aromatic amines is 1. The highest BCUT2D eigenvalue weighted by molar-refractivity contribution is 5.60. The average Bonchev–Trinajstić information content (AvgIpc) is 2.34. The minimum absolute atomic E-state index is 0.106. The third-order valence-electron chi connectivity index (χ3n) is 2.85. The molecule has 0 aliphatic carbocycles. The molecule has 0 radical (unpaired) electrons. The number of nitrogens with two attached hydrogens (primary N) is 1. The Kier molecular flexibility index (Phi) is 5.17. The maximum absolute atomic E-state index is 11.8. The third kappa shape index (κ3) is 3.60. The molecule has 1 atom stereocenters. The van der Waals surface area contributed by atoms with Gasteiger partial charge >= 0.3 is 5.69 Å². The molecule has 0 aromatic carbocycles. The second-order valence-electron chi connectivity index (χ2n) is 4.96. The van der Waals surface area contributed by atoms with Crippen LogP contribution in [0, 0.1) is 5.92 Å². The zero-order valence-electron chi connectivity index (χ0n) is 11.6. The highest BCUT2D eigenvalue weighted by Crippen LogP contribution is 2.13. The normalized spacial score (nSPS) is 12.7. The zero-order valence-corrected chi connectivity index (χ0v) is 11.6. The number of anilines is 2. The second-order valence-corrected chi connectivity index (χ2v) is 4.96. The van der Waals surface area contributed by atoms with Crippen LogP contribution in [0.25, 0.3) is 0 Å². The van der Waals surface area contributed by atoms with Gasteiger partial charge in [-0.25, -0.2) is 4.79 Å². The van der Waals surface area contributed by atoms with Crippen LogP contribution in [0.5, 0.6) is 0 Å². The molecule has 1 unspecified atom stereocenters. The molecule has 0 aliphatic heterocycles. The molecule has 1 rings (SSSR count). The quantitative estimate of drug-likeness (QED) is 0.579. The number of aromatic nitrogens is 2.